The van der Waals surface area contributed by atoms with E-state index in [1.165, 1.54) is 6.07 Å². The van der Waals surface area contributed by atoms with E-state index in [-0.39, 0.29) is 10.6 Å². The van der Waals surface area contributed by atoms with Gasteiger partial charge in [-0.1, -0.05) is 6.92 Å². The molecule has 0 saturated heterocycles. The first-order chi connectivity index (χ1) is 7.19. The summed E-state index contributed by atoms with van der Waals surface area (Å²) in [5.41, 5.74) is 7.37. The number of aryl methyl sites for hydroxylation is 1. The molecular weight excluding hydrogens is 194 g/mol. The summed E-state index contributed by atoms with van der Waals surface area (Å²) < 4.78 is 0. The number of benzene rings is 1. The van der Waals surface area contributed by atoms with Crippen molar-refractivity contribution in [3.05, 3.63) is 33.9 Å². The lowest BCUT2D eigenvalue weighted by atomic mass is 10.1. The molecule has 0 bridgehead atoms. The summed E-state index contributed by atoms with van der Waals surface area (Å²) in [6.45, 7) is 3.18. The molecule has 0 spiro atoms. The van der Waals surface area contributed by atoms with Crippen molar-refractivity contribution in [2.75, 3.05) is 18.4 Å². The van der Waals surface area contributed by atoms with Crippen molar-refractivity contribution < 1.29 is 4.92 Å². The Balaban J connectivity index is 2.93. The fourth-order valence-corrected chi connectivity index (χ4v) is 1.37. The molecule has 0 unspecified atom stereocenters. The summed E-state index contributed by atoms with van der Waals surface area (Å²) in [6.07, 6.45) is 0.759. The summed E-state index contributed by atoms with van der Waals surface area (Å²) in [6, 6.07) is 4.82. The molecule has 1 aromatic rings. The van der Waals surface area contributed by atoms with E-state index in [0.717, 1.165) is 17.7 Å². The van der Waals surface area contributed by atoms with E-state index in [2.05, 4.69) is 5.32 Å². The first-order valence-electron chi connectivity index (χ1n) is 4.90. The number of hydrogen-bond donors (Lipinski definition) is 2. The molecule has 0 aliphatic heterocycles. The van der Waals surface area contributed by atoms with Gasteiger partial charge in [-0.15, -0.1) is 0 Å². The van der Waals surface area contributed by atoms with Crippen molar-refractivity contribution in [3.63, 3.8) is 0 Å². The van der Waals surface area contributed by atoms with Gasteiger partial charge in [-0.05, 0) is 18.1 Å². The van der Waals surface area contributed by atoms with Crippen LogP contribution in [0.25, 0.3) is 0 Å². The van der Waals surface area contributed by atoms with Gasteiger partial charge in [0.25, 0.3) is 5.69 Å². The normalized spacial score (nSPS) is 10.0. The molecule has 3 N–H and O–H groups in total. The smallest absolute Gasteiger partial charge is 0.269 e. The van der Waals surface area contributed by atoms with Crippen LogP contribution >= 0.6 is 0 Å². The lowest BCUT2D eigenvalue weighted by molar-refractivity contribution is -0.384. The van der Waals surface area contributed by atoms with Gasteiger partial charge in [0.1, 0.15) is 0 Å². The van der Waals surface area contributed by atoms with Crippen LogP contribution in [-0.2, 0) is 6.42 Å². The average Bonchev–Trinajstić information content (AvgIpc) is 2.25. The Kier molecular flexibility index (Phi) is 4.05. The molecule has 0 aliphatic carbocycles. The van der Waals surface area contributed by atoms with Gasteiger partial charge in [0.05, 0.1) is 4.92 Å². The predicted octanol–water partition coefficient (Wildman–Crippen LogP) is 1.53. The van der Waals surface area contributed by atoms with Gasteiger partial charge in [-0.25, -0.2) is 0 Å². The molecule has 1 aromatic carbocycles. The molecule has 0 amide bonds. The van der Waals surface area contributed by atoms with Crippen LogP contribution in [0.3, 0.4) is 0 Å². The van der Waals surface area contributed by atoms with Gasteiger partial charge >= 0.3 is 0 Å². The zero-order chi connectivity index (χ0) is 11.3. The predicted molar refractivity (Wildman–Crippen MR) is 60.0 cm³/mol. The number of hydrogen-bond acceptors (Lipinski definition) is 4. The lowest BCUT2D eigenvalue weighted by Crippen LogP contribution is -2.14. The fourth-order valence-electron chi connectivity index (χ4n) is 1.37. The Hall–Kier alpha value is -1.62. The molecule has 82 valence electrons. The maximum absolute atomic E-state index is 10.6. The highest BCUT2D eigenvalue weighted by Crippen LogP contribution is 2.22. The minimum absolute atomic E-state index is 0.130. The molecule has 0 aliphatic rings. The Bertz CT molecular complexity index is 353. The topological polar surface area (TPSA) is 81.2 Å². The van der Waals surface area contributed by atoms with E-state index in [1.54, 1.807) is 12.1 Å². The average molecular weight is 209 g/mol. The highest BCUT2D eigenvalue weighted by Gasteiger charge is 2.08. The number of nitro groups is 1. The third-order valence-electron chi connectivity index (χ3n) is 2.14. The first-order valence-corrected chi connectivity index (χ1v) is 4.90. The molecule has 1 rings (SSSR count). The highest BCUT2D eigenvalue weighted by atomic mass is 16.6. The maximum Gasteiger partial charge on any atom is 0.269 e. The molecule has 0 heterocycles. The van der Waals surface area contributed by atoms with Gasteiger partial charge in [0.2, 0.25) is 0 Å². The minimum atomic E-state index is -0.383. The van der Waals surface area contributed by atoms with E-state index in [0.29, 0.717) is 13.1 Å². The van der Waals surface area contributed by atoms with Crippen molar-refractivity contribution in [2.45, 2.75) is 13.3 Å². The Morgan fingerprint density at radius 2 is 2.27 bits per heavy atom. The summed E-state index contributed by atoms with van der Waals surface area (Å²) in [5.74, 6) is 0. The fraction of sp³-hybridized carbons (Fsp3) is 0.400. The monoisotopic (exact) mass is 209 g/mol. The molecule has 0 fully saturated rings. The minimum Gasteiger partial charge on any atom is -0.384 e. The second kappa shape index (κ2) is 5.31. The van der Waals surface area contributed by atoms with Gasteiger partial charge in [-0.3, -0.25) is 10.1 Å². The Morgan fingerprint density at radius 1 is 1.53 bits per heavy atom. The van der Waals surface area contributed by atoms with E-state index >= 15 is 0 Å². The largest absolute Gasteiger partial charge is 0.384 e. The van der Waals surface area contributed by atoms with Crippen LogP contribution in [0.4, 0.5) is 11.4 Å². The number of nitrogens with one attached hydrogen (secondary N) is 1. The maximum atomic E-state index is 10.6. The molecule has 0 radical (unpaired) electrons. The van der Waals surface area contributed by atoms with E-state index in [1.807, 2.05) is 6.92 Å². The SMILES string of the molecule is CCc1cc([N+](=O)[O-])ccc1NCCN. The summed E-state index contributed by atoms with van der Waals surface area (Å²) in [7, 11) is 0. The molecular formula is C10H15N3O2. The van der Waals surface area contributed by atoms with Crippen LogP contribution in [0.2, 0.25) is 0 Å². The van der Waals surface area contributed by atoms with E-state index in [4.69, 9.17) is 5.73 Å². The third-order valence-corrected chi connectivity index (χ3v) is 2.14. The van der Waals surface area contributed by atoms with Crippen LogP contribution in [0.5, 0.6) is 0 Å². The van der Waals surface area contributed by atoms with Gasteiger partial charge in [0.15, 0.2) is 0 Å². The molecule has 0 saturated carbocycles. The molecule has 0 atom stereocenters. The molecule has 5 nitrogen and oxygen atoms in total. The quantitative estimate of drug-likeness (QED) is 0.569. The number of nitro benzene ring substituents is 1. The van der Waals surface area contributed by atoms with Crippen molar-refractivity contribution in [2.24, 2.45) is 5.73 Å². The Labute approximate surface area is 88.4 Å². The second-order valence-electron chi connectivity index (χ2n) is 3.17. The number of rotatable bonds is 5. The van der Waals surface area contributed by atoms with Crippen molar-refractivity contribution in [1.29, 1.82) is 0 Å². The van der Waals surface area contributed by atoms with Gasteiger partial charge in [0, 0.05) is 30.9 Å². The zero-order valence-electron chi connectivity index (χ0n) is 8.69. The summed E-state index contributed by atoms with van der Waals surface area (Å²) in [4.78, 5) is 10.2. The van der Waals surface area contributed by atoms with Crippen LogP contribution in [-0.4, -0.2) is 18.0 Å². The summed E-state index contributed by atoms with van der Waals surface area (Å²) >= 11 is 0. The zero-order valence-corrected chi connectivity index (χ0v) is 8.69. The van der Waals surface area contributed by atoms with Gasteiger partial charge in [-0.2, -0.15) is 0 Å². The number of nitrogens with zero attached hydrogens (tertiary/aromatic N) is 1. The highest BCUT2D eigenvalue weighted by molar-refractivity contribution is 5.56. The number of anilines is 1. The summed E-state index contributed by atoms with van der Waals surface area (Å²) in [5, 5.41) is 13.7. The lowest BCUT2D eigenvalue weighted by Gasteiger charge is -2.09. The van der Waals surface area contributed by atoms with Crippen molar-refractivity contribution in [1.82, 2.24) is 0 Å². The second-order valence-corrected chi connectivity index (χ2v) is 3.17. The standard InChI is InChI=1S/C10H15N3O2/c1-2-8-7-9(13(14)15)3-4-10(8)12-6-5-11/h3-4,7,12H,2,5-6,11H2,1H3. The van der Waals surface area contributed by atoms with Crippen molar-refractivity contribution >= 4 is 11.4 Å². The Morgan fingerprint density at radius 3 is 2.80 bits per heavy atom. The molecule has 15 heavy (non-hydrogen) atoms. The van der Waals surface area contributed by atoms with Crippen molar-refractivity contribution in [3.8, 4) is 0 Å². The van der Waals surface area contributed by atoms with Crippen LogP contribution < -0.4 is 11.1 Å². The third kappa shape index (κ3) is 2.92. The molecule has 5 heteroatoms. The number of nitrogens with two attached hydrogens (primary N) is 1. The van der Waals surface area contributed by atoms with E-state index in [9.17, 15) is 10.1 Å². The number of non-ortho nitro benzene ring substituents is 1. The van der Waals surface area contributed by atoms with Crippen LogP contribution in [0, 0.1) is 10.1 Å². The first kappa shape index (κ1) is 11.5. The van der Waals surface area contributed by atoms with Crippen LogP contribution in [0.15, 0.2) is 18.2 Å². The van der Waals surface area contributed by atoms with Gasteiger partial charge < -0.3 is 11.1 Å². The molecule has 0 aromatic heterocycles. The van der Waals surface area contributed by atoms with Crippen LogP contribution in [0.1, 0.15) is 12.5 Å². The van der Waals surface area contributed by atoms with E-state index < -0.39 is 0 Å².